The molecule has 0 aliphatic carbocycles. The SMILES string of the molecule is CCS(=O)(=O)Nc1ccc(CNS(=O)(=O)C2CCOCC2C)cc1. The van der Waals surface area contributed by atoms with Gasteiger partial charge in [0.15, 0.2) is 0 Å². The van der Waals surface area contributed by atoms with Crippen molar-refractivity contribution in [3.63, 3.8) is 0 Å². The molecule has 1 aromatic rings. The Bertz CT molecular complexity index is 745. The zero-order chi connectivity index (χ0) is 17.8. The highest BCUT2D eigenvalue weighted by Gasteiger charge is 2.33. The van der Waals surface area contributed by atoms with Crippen molar-refractivity contribution >= 4 is 25.7 Å². The van der Waals surface area contributed by atoms with Crippen LogP contribution in [0.4, 0.5) is 5.69 Å². The second-order valence-electron chi connectivity index (χ2n) is 5.95. The minimum atomic E-state index is -3.42. The molecule has 0 radical (unpaired) electrons. The first-order chi connectivity index (χ1) is 11.2. The van der Waals surface area contributed by atoms with Crippen LogP contribution in [0.5, 0.6) is 0 Å². The molecular formula is C15H24N2O5S2. The minimum absolute atomic E-state index is 0.00215. The Morgan fingerprint density at radius 1 is 1.17 bits per heavy atom. The van der Waals surface area contributed by atoms with Crippen molar-refractivity contribution in [3.05, 3.63) is 29.8 Å². The highest BCUT2D eigenvalue weighted by molar-refractivity contribution is 7.92. The molecule has 24 heavy (non-hydrogen) atoms. The van der Waals surface area contributed by atoms with Crippen LogP contribution in [-0.2, 0) is 31.3 Å². The molecule has 1 aliphatic rings. The summed E-state index contributed by atoms with van der Waals surface area (Å²) >= 11 is 0. The fourth-order valence-corrected chi connectivity index (χ4v) is 4.87. The smallest absolute Gasteiger partial charge is 0.232 e. The molecule has 0 saturated carbocycles. The summed E-state index contributed by atoms with van der Waals surface area (Å²) in [5.41, 5.74) is 1.22. The third-order valence-electron chi connectivity index (χ3n) is 4.05. The highest BCUT2D eigenvalue weighted by atomic mass is 32.2. The third-order valence-corrected chi connectivity index (χ3v) is 7.40. The topological polar surface area (TPSA) is 102 Å². The Morgan fingerprint density at radius 3 is 2.42 bits per heavy atom. The van der Waals surface area contributed by atoms with Crippen molar-refractivity contribution in [2.24, 2.45) is 5.92 Å². The average molecular weight is 377 g/mol. The van der Waals surface area contributed by atoms with Crippen LogP contribution in [-0.4, -0.2) is 41.1 Å². The van der Waals surface area contributed by atoms with Crippen LogP contribution in [0, 0.1) is 5.92 Å². The fourth-order valence-electron chi connectivity index (χ4n) is 2.55. The van der Waals surface area contributed by atoms with E-state index in [2.05, 4.69) is 9.44 Å². The summed E-state index contributed by atoms with van der Waals surface area (Å²) < 4.78 is 58.2. The van der Waals surface area contributed by atoms with Crippen LogP contribution in [0.2, 0.25) is 0 Å². The van der Waals surface area contributed by atoms with Gasteiger partial charge in [-0.15, -0.1) is 0 Å². The number of hydrogen-bond acceptors (Lipinski definition) is 5. The normalized spacial score (nSPS) is 22.2. The lowest BCUT2D eigenvalue weighted by atomic mass is 10.0. The van der Waals surface area contributed by atoms with E-state index in [0.717, 1.165) is 5.56 Å². The summed E-state index contributed by atoms with van der Waals surface area (Å²) in [6.45, 7) is 4.52. The van der Waals surface area contributed by atoms with Crippen molar-refractivity contribution < 1.29 is 21.6 Å². The van der Waals surface area contributed by atoms with Crippen LogP contribution < -0.4 is 9.44 Å². The Balaban J connectivity index is 1.96. The maximum atomic E-state index is 12.4. The first-order valence-electron chi connectivity index (χ1n) is 7.89. The van der Waals surface area contributed by atoms with Crippen molar-refractivity contribution in [1.82, 2.24) is 4.72 Å². The molecule has 2 rings (SSSR count). The van der Waals surface area contributed by atoms with Crippen molar-refractivity contribution in [2.45, 2.75) is 32.1 Å². The monoisotopic (exact) mass is 376 g/mol. The van der Waals surface area contributed by atoms with Gasteiger partial charge >= 0.3 is 0 Å². The maximum absolute atomic E-state index is 12.4. The summed E-state index contributed by atoms with van der Waals surface area (Å²) in [7, 11) is -6.73. The van der Waals surface area contributed by atoms with Crippen molar-refractivity contribution in [3.8, 4) is 0 Å². The Hall–Kier alpha value is -1.16. The fraction of sp³-hybridized carbons (Fsp3) is 0.600. The largest absolute Gasteiger partial charge is 0.381 e. The number of sulfonamides is 2. The van der Waals surface area contributed by atoms with Gasteiger partial charge in [-0.2, -0.15) is 0 Å². The van der Waals surface area contributed by atoms with Crippen LogP contribution in [0.15, 0.2) is 24.3 Å². The van der Waals surface area contributed by atoms with Gasteiger partial charge in [0.05, 0.1) is 17.6 Å². The zero-order valence-corrected chi connectivity index (χ0v) is 15.5. The molecule has 1 fully saturated rings. The van der Waals surface area contributed by atoms with E-state index in [1.54, 1.807) is 31.2 Å². The Kier molecular flexibility index (Phi) is 6.24. The molecule has 0 amide bonds. The van der Waals surface area contributed by atoms with Gasteiger partial charge in [-0.25, -0.2) is 21.6 Å². The van der Waals surface area contributed by atoms with Crippen LogP contribution >= 0.6 is 0 Å². The number of rotatable bonds is 7. The number of anilines is 1. The molecule has 1 aromatic carbocycles. The lowest BCUT2D eigenvalue weighted by molar-refractivity contribution is 0.0635. The van der Waals surface area contributed by atoms with Crippen molar-refractivity contribution in [2.75, 3.05) is 23.7 Å². The minimum Gasteiger partial charge on any atom is -0.381 e. The standard InChI is InChI=1S/C15H24N2O5S2/c1-3-23(18,19)17-14-6-4-13(5-7-14)10-16-24(20,21)15-8-9-22-11-12(15)2/h4-7,12,15-17H,3,8-11H2,1-2H3. The molecule has 0 bridgehead atoms. The van der Waals surface area contributed by atoms with E-state index in [-0.39, 0.29) is 18.2 Å². The first-order valence-corrected chi connectivity index (χ1v) is 11.1. The lowest BCUT2D eigenvalue weighted by Crippen LogP contribution is -2.42. The van der Waals surface area contributed by atoms with Gasteiger partial charge in [0, 0.05) is 18.8 Å². The van der Waals surface area contributed by atoms with Crippen LogP contribution in [0.25, 0.3) is 0 Å². The summed E-state index contributed by atoms with van der Waals surface area (Å²) in [4.78, 5) is 0. The summed E-state index contributed by atoms with van der Waals surface area (Å²) in [6, 6.07) is 6.63. The molecule has 1 heterocycles. The van der Waals surface area contributed by atoms with Gasteiger partial charge in [-0.3, -0.25) is 4.72 Å². The average Bonchev–Trinajstić information content (AvgIpc) is 2.54. The molecule has 0 spiro atoms. The van der Waals surface area contributed by atoms with E-state index in [1.165, 1.54) is 0 Å². The molecule has 2 N–H and O–H groups in total. The predicted octanol–water partition coefficient (Wildman–Crippen LogP) is 1.29. The molecule has 1 saturated heterocycles. The second kappa shape index (κ2) is 7.81. The summed E-state index contributed by atoms with van der Waals surface area (Å²) in [5.74, 6) is -0.0419. The van der Waals surface area contributed by atoms with Gasteiger partial charge in [-0.1, -0.05) is 19.1 Å². The summed E-state index contributed by atoms with van der Waals surface area (Å²) in [6.07, 6.45) is 0.494. The quantitative estimate of drug-likeness (QED) is 0.747. The third kappa shape index (κ3) is 5.17. The van der Waals surface area contributed by atoms with Gasteiger partial charge < -0.3 is 4.74 Å². The van der Waals surface area contributed by atoms with Crippen LogP contribution in [0.3, 0.4) is 0 Å². The molecule has 2 unspecified atom stereocenters. The van der Waals surface area contributed by atoms with Gasteiger partial charge in [0.25, 0.3) is 0 Å². The van der Waals surface area contributed by atoms with E-state index in [9.17, 15) is 16.8 Å². The molecule has 1 aliphatic heterocycles. The van der Waals surface area contributed by atoms with E-state index in [0.29, 0.717) is 25.3 Å². The van der Waals surface area contributed by atoms with E-state index >= 15 is 0 Å². The van der Waals surface area contributed by atoms with Crippen molar-refractivity contribution in [1.29, 1.82) is 0 Å². The molecule has 9 heteroatoms. The molecule has 136 valence electrons. The number of hydrogen-bond donors (Lipinski definition) is 2. The molecular weight excluding hydrogens is 352 g/mol. The van der Waals surface area contributed by atoms with Gasteiger partial charge in [0.1, 0.15) is 0 Å². The Morgan fingerprint density at radius 2 is 1.83 bits per heavy atom. The number of ether oxygens (including phenoxy) is 1. The highest BCUT2D eigenvalue weighted by Crippen LogP contribution is 2.21. The zero-order valence-electron chi connectivity index (χ0n) is 13.9. The molecule has 2 atom stereocenters. The van der Waals surface area contributed by atoms with Gasteiger partial charge in [0.2, 0.25) is 20.0 Å². The lowest BCUT2D eigenvalue weighted by Gasteiger charge is -2.28. The van der Waals surface area contributed by atoms with Gasteiger partial charge in [-0.05, 0) is 37.0 Å². The van der Waals surface area contributed by atoms with E-state index < -0.39 is 25.3 Å². The summed E-state index contributed by atoms with van der Waals surface area (Å²) in [5, 5.41) is -0.443. The van der Waals surface area contributed by atoms with E-state index in [1.807, 2.05) is 6.92 Å². The molecule has 7 nitrogen and oxygen atoms in total. The Labute approximate surface area is 143 Å². The number of nitrogens with one attached hydrogen (secondary N) is 2. The maximum Gasteiger partial charge on any atom is 0.232 e. The van der Waals surface area contributed by atoms with E-state index in [4.69, 9.17) is 4.74 Å². The predicted molar refractivity (Wildman–Crippen MR) is 93.7 cm³/mol. The van der Waals surface area contributed by atoms with Crippen LogP contribution in [0.1, 0.15) is 25.8 Å². The number of benzene rings is 1. The first kappa shape index (κ1) is 19.2. The second-order valence-corrected chi connectivity index (χ2v) is 9.94. The molecule has 0 aromatic heterocycles.